The van der Waals surface area contributed by atoms with Crippen LogP contribution in [0.5, 0.6) is 0 Å². The Bertz CT molecular complexity index is 838. The van der Waals surface area contributed by atoms with E-state index < -0.39 is 17.7 Å². The van der Waals surface area contributed by atoms with Gasteiger partial charge in [0.25, 0.3) is 5.91 Å². The number of hydrogen-bond acceptors (Lipinski definition) is 7. The van der Waals surface area contributed by atoms with Crippen LogP contribution in [-0.2, 0) is 9.53 Å². The molecule has 0 radical (unpaired) electrons. The Hall–Kier alpha value is -2.42. The SMILES string of the molecule is O=C(C1=C(O)C(=O)N(CCN2CCOCC2)[C@H]1c1ccco1)c1cccs1. The van der Waals surface area contributed by atoms with Gasteiger partial charge < -0.3 is 19.2 Å². The number of amides is 1. The highest BCUT2D eigenvalue weighted by Gasteiger charge is 2.45. The van der Waals surface area contributed by atoms with Gasteiger partial charge in [-0.2, -0.15) is 0 Å². The molecule has 0 aromatic carbocycles. The minimum atomic E-state index is -0.719. The fourth-order valence-electron chi connectivity index (χ4n) is 3.47. The number of rotatable bonds is 6. The van der Waals surface area contributed by atoms with Gasteiger partial charge in [-0.25, -0.2) is 0 Å². The van der Waals surface area contributed by atoms with E-state index in [1.807, 2.05) is 0 Å². The van der Waals surface area contributed by atoms with Crippen LogP contribution in [0.2, 0.25) is 0 Å². The van der Waals surface area contributed by atoms with Crippen LogP contribution in [0.3, 0.4) is 0 Å². The summed E-state index contributed by atoms with van der Waals surface area (Å²) in [5.74, 6) is -0.901. The second-order valence-electron chi connectivity index (χ2n) is 6.44. The lowest BCUT2D eigenvalue weighted by Crippen LogP contribution is -2.43. The molecule has 4 rings (SSSR count). The van der Waals surface area contributed by atoms with E-state index in [9.17, 15) is 14.7 Å². The van der Waals surface area contributed by atoms with E-state index in [2.05, 4.69) is 4.90 Å². The minimum Gasteiger partial charge on any atom is -0.503 e. The number of ether oxygens (including phenoxy) is 1. The summed E-state index contributed by atoms with van der Waals surface area (Å²) in [6.07, 6.45) is 1.50. The number of furan rings is 1. The van der Waals surface area contributed by atoms with E-state index in [0.717, 1.165) is 13.1 Å². The zero-order valence-electron chi connectivity index (χ0n) is 14.7. The maximum absolute atomic E-state index is 13.0. The molecule has 1 atom stereocenters. The van der Waals surface area contributed by atoms with Crippen molar-refractivity contribution in [2.45, 2.75) is 6.04 Å². The molecule has 4 heterocycles. The van der Waals surface area contributed by atoms with Crippen LogP contribution in [-0.4, -0.2) is 66.0 Å². The van der Waals surface area contributed by atoms with Gasteiger partial charge in [-0.15, -0.1) is 11.3 Å². The smallest absolute Gasteiger partial charge is 0.290 e. The number of carbonyl (C=O) groups excluding carboxylic acids is 2. The van der Waals surface area contributed by atoms with Crippen LogP contribution in [0, 0.1) is 0 Å². The number of nitrogens with zero attached hydrogens (tertiary/aromatic N) is 2. The lowest BCUT2D eigenvalue weighted by molar-refractivity contribution is -0.130. The van der Waals surface area contributed by atoms with E-state index in [1.165, 1.54) is 22.5 Å². The van der Waals surface area contributed by atoms with E-state index in [4.69, 9.17) is 9.15 Å². The van der Waals surface area contributed by atoms with Gasteiger partial charge in [0.1, 0.15) is 11.8 Å². The molecule has 0 saturated carbocycles. The Morgan fingerprint density at radius 3 is 2.70 bits per heavy atom. The lowest BCUT2D eigenvalue weighted by Gasteiger charge is -2.30. The van der Waals surface area contributed by atoms with Crippen molar-refractivity contribution in [2.24, 2.45) is 0 Å². The summed E-state index contributed by atoms with van der Waals surface area (Å²) >= 11 is 1.28. The number of morpholine rings is 1. The average molecular weight is 388 g/mol. The number of hydrogen-bond donors (Lipinski definition) is 1. The first-order chi connectivity index (χ1) is 13.2. The average Bonchev–Trinajstić information content (AvgIpc) is 3.43. The molecule has 7 nitrogen and oxygen atoms in total. The quantitative estimate of drug-likeness (QED) is 0.765. The molecule has 1 N–H and O–H groups in total. The normalized spacial score (nSPS) is 21.3. The predicted molar refractivity (Wildman–Crippen MR) is 98.7 cm³/mol. The summed E-state index contributed by atoms with van der Waals surface area (Å²) in [6, 6.07) is 6.17. The zero-order valence-corrected chi connectivity index (χ0v) is 15.5. The van der Waals surface area contributed by atoms with Gasteiger partial charge in [-0.3, -0.25) is 14.5 Å². The van der Waals surface area contributed by atoms with E-state index >= 15 is 0 Å². The molecule has 2 aliphatic heterocycles. The highest BCUT2D eigenvalue weighted by Crippen LogP contribution is 2.39. The van der Waals surface area contributed by atoms with Crippen molar-refractivity contribution >= 4 is 23.0 Å². The Morgan fingerprint density at radius 1 is 1.22 bits per heavy atom. The summed E-state index contributed by atoms with van der Waals surface area (Å²) in [6.45, 7) is 3.96. The molecule has 1 saturated heterocycles. The van der Waals surface area contributed by atoms with Gasteiger partial charge in [-0.1, -0.05) is 6.07 Å². The molecule has 8 heteroatoms. The van der Waals surface area contributed by atoms with Crippen molar-refractivity contribution < 1.29 is 23.8 Å². The second-order valence-corrected chi connectivity index (χ2v) is 7.39. The molecule has 2 aliphatic rings. The van der Waals surface area contributed by atoms with Crippen LogP contribution in [0.4, 0.5) is 0 Å². The Balaban J connectivity index is 1.62. The number of thiophene rings is 1. The molecule has 2 aromatic heterocycles. The molecule has 27 heavy (non-hydrogen) atoms. The van der Waals surface area contributed by atoms with E-state index in [1.54, 1.807) is 29.6 Å². The number of aliphatic hydroxyl groups excluding tert-OH is 1. The van der Waals surface area contributed by atoms with E-state index in [0.29, 0.717) is 36.9 Å². The van der Waals surface area contributed by atoms with Crippen molar-refractivity contribution in [1.29, 1.82) is 0 Å². The first-order valence-corrected chi connectivity index (χ1v) is 9.70. The standard InChI is InChI=1S/C19H20N2O5S/c22-17(14-4-2-12-27-14)15-16(13-3-1-9-26-13)21(19(24)18(15)23)6-5-20-7-10-25-11-8-20/h1-4,9,12,16,23H,5-8,10-11H2/t16-/m0/s1. The summed E-state index contributed by atoms with van der Waals surface area (Å²) in [5, 5.41) is 12.3. The lowest BCUT2D eigenvalue weighted by atomic mass is 10.0. The number of carbonyl (C=O) groups is 2. The Morgan fingerprint density at radius 2 is 2.04 bits per heavy atom. The van der Waals surface area contributed by atoms with Crippen LogP contribution < -0.4 is 0 Å². The van der Waals surface area contributed by atoms with Gasteiger partial charge in [0, 0.05) is 26.2 Å². The molecule has 0 unspecified atom stereocenters. The molecule has 0 aliphatic carbocycles. The molecule has 1 amide bonds. The number of Topliss-reactive ketones (excluding diaryl/α,β-unsaturated/α-hetero) is 1. The summed E-state index contributed by atoms with van der Waals surface area (Å²) in [5.41, 5.74) is 0.0828. The monoisotopic (exact) mass is 388 g/mol. The summed E-state index contributed by atoms with van der Waals surface area (Å²) in [4.78, 5) is 29.9. The molecule has 2 aromatic rings. The fourth-order valence-corrected chi connectivity index (χ4v) is 4.15. The van der Waals surface area contributed by atoms with Gasteiger partial charge in [0.2, 0.25) is 5.78 Å². The molecular weight excluding hydrogens is 368 g/mol. The Kier molecular flexibility index (Phi) is 5.11. The van der Waals surface area contributed by atoms with Gasteiger partial charge in [0.15, 0.2) is 5.76 Å². The first kappa shape index (κ1) is 18.0. The van der Waals surface area contributed by atoms with E-state index in [-0.39, 0.29) is 11.4 Å². The number of ketones is 1. The third kappa shape index (κ3) is 3.43. The van der Waals surface area contributed by atoms with Crippen LogP contribution >= 0.6 is 11.3 Å². The molecule has 0 spiro atoms. The molecule has 0 bridgehead atoms. The van der Waals surface area contributed by atoms with Crippen molar-refractivity contribution in [3.8, 4) is 0 Å². The molecule has 142 valence electrons. The first-order valence-electron chi connectivity index (χ1n) is 8.82. The highest BCUT2D eigenvalue weighted by atomic mass is 32.1. The van der Waals surface area contributed by atoms with Crippen molar-refractivity contribution in [3.05, 3.63) is 57.9 Å². The highest BCUT2D eigenvalue weighted by molar-refractivity contribution is 7.12. The molecule has 1 fully saturated rings. The number of aliphatic hydroxyl groups is 1. The van der Waals surface area contributed by atoms with Crippen molar-refractivity contribution in [1.82, 2.24) is 9.80 Å². The zero-order chi connectivity index (χ0) is 18.8. The third-order valence-corrected chi connectivity index (χ3v) is 5.74. The summed E-state index contributed by atoms with van der Waals surface area (Å²) in [7, 11) is 0. The van der Waals surface area contributed by atoms with Crippen LogP contribution in [0.1, 0.15) is 21.5 Å². The minimum absolute atomic E-state index is 0.0828. The summed E-state index contributed by atoms with van der Waals surface area (Å²) < 4.78 is 10.9. The third-order valence-electron chi connectivity index (χ3n) is 4.87. The van der Waals surface area contributed by atoms with Crippen molar-refractivity contribution in [3.63, 3.8) is 0 Å². The maximum Gasteiger partial charge on any atom is 0.290 e. The largest absolute Gasteiger partial charge is 0.503 e. The predicted octanol–water partition coefficient (Wildman–Crippen LogP) is 2.25. The van der Waals surface area contributed by atoms with Gasteiger partial charge >= 0.3 is 0 Å². The maximum atomic E-state index is 13.0. The van der Waals surface area contributed by atoms with Crippen LogP contribution in [0.25, 0.3) is 0 Å². The molecular formula is C19H20N2O5S. The second kappa shape index (κ2) is 7.67. The van der Waals surface area contributed by atoms with Gasteiger partial charge in [-0.05, 0) is 23.6 Å². The van der Waals surface area contributed by atoms with Crippen LogP contribution in [0.15, 0.2) is 51.7 Å². The topological polar surface area (TPSA) is 83.2 Å². The fraction of sp³-hybridized carbons (Fsp3) is 0.368. The van der Waals surface area contributed by atoms with Gasteiger partial charge in [0.05, 0.1) is 29.9 Å². The Labute approximate surface area is 160 Å². The van der Waals surface area contributed by atoms with Crippen molar-refractivity contribution in [2.75, 3.05) is 39.4 Å².